The van der Waals surface area contributed by atoms with Gasteiger partial charge in [0.05, 0.1) is 28.6 Å². The van der Waals surface area contributed by atoms with Gasteiger partial charge in [-0.05, 0) is 50.8 Å². The number of aromatic nitrogens is 4. The zero-order valence-electron chi connectivity index (χ0n) is 17.6. The number of hydrogen-bond donors (Lipinski definition) is 0. The number of furan rings is 1. The number of carbonyl (C=O) groups is 1. The Bertz CT molecular complexity index is 1260. The molecule has 7 nitrogen and oxygen atoms in total. The molecule has 4 aromatic rings. The van der Waals surface area contributed by atoms with Crippen LogP contribution in [0.1, 0.15) is 39.5 Å². The summed E-state index contributed by atoms with van der Waals surface area (Å²) in [6.07, 6.45) is 7.68. The topological polar surface area (TPSA) is 77.0 Å². The molecule has 0 bridgehead atoms. The standard InChI is InChI=1S/C23H23N5O2S/c1-4-11-28(23-25-16-8-5-6-10-19(16)31-23)22(29)15-13-17(18-9-7-12-30-18)24-21-20(15)14(2)26-27(21)3/h4,7,9,12-13H,1,5-6,8,10-11H2,2-3H3. The van der Waals surface area contributed by atoms with E-state index < -0.39 is 0 Å². The molecule has 0 saturated heterocycles. The molecule has 1 aliphatic rings. The Kier molecular flexibility index (Phi) is 4.94. The van der Waals surface area contributed by atoms with Crippen molar-refractivity contribution in [2.24, 2.45) is 7.05 Å². The highest BCUT2D eigenvalue weighted by Gasteiger charge is 2.27. The summed E-state index contributed by atoms with van der Waals surface area (Å²) < 4.78 is 7.26. The molecule has 0 aromatic carbocycles. The first kappa shape index (κ1) is 19.7. The molecule has 1 amide bonds. The maximum atomic E-state index is 13.9. The lowest BCUT2D eigenvalue weighted by atomic mass is 10.0. The van der Waals surface area contributed by atoms with Gasteiger partial charge in [0.2, 0.25) is 0 Å². The van der Waals surface area contributed by atoms with Crippen LogP contribution in [0.4, 0.5) is 5.13 Å². The fourth-order valence-corrected chi connectivity index (χ4v) is 5.30. The van der Waals surface area contributed by atoms with E-state index in [1.165, 1.54) is 11.3 Å². The fourth-order valence-electron chi connectivity index (χ4n) is 4.14. The van der Waals surface area contributed by atoms with Gasteiger partial charge in [-0.1, -0.05) is 6.08 Å². The van der Waals surface area contributed by atoms with Gasteiger partial charge in [0.15, 0.2) is 16.5 Å². The minimum atomic E-state index is -0.137. The van der Waals surface area contributed by atoms with E-state index in [0.29, 0.717) is 29.2 Å². The second-order valence-electron chi connectivity index (χ2n) is 7.72. The number of aryl methyl sites for hydroxylation is 4. The fraction of sp³-hybridized carbons (Fsp3) is 0.304. The van der Waals surface area contributed by atoms with Crippen molar-refractivity contribution < 1.29 is 9.21 Å². The van der Waals surface area contributed by atoms with E-state index in [1.807, 2.05) is 20.0 Å². The summed E-state index contributed by atoms with van der Waals surface area (Å²) in [4.78, 5) is 26.4. The molecule has 0 unspecified atom stereocenters. The normalized spacial score (nSPS) is 13.4. The highest BCUT2D eigenvalue weighted by molar-refractivity contribution is 7.16. The second kappa shape index (κ2) is 7.77. The molecule has 8 heteroatoms. The molecule has 4 aromatic heterocycles. The van der Waals surface area contributed by atoms with E-state index in [0.717, 1.165) is 41.2 Å². The maximum absolute atomic E-state index is 13.9. The van der Waals surface area contributed by atoms with Crippen LogP contribution in [-0.2, 0) is 19.9 Å². The van der Waals surface area contributed by atoms with Gasteiger partial charge in [-0.3, -0.25) is 14.4 Å². The summed E-state index contributed by atoms with van der Waals surface area (Å²) >= 11 is 1.61. The van der Waals surface area contributed by atoms with Crippen LogP contribution in [0.2, 0.25) is 0 Å². The number of anilines is 1. The van der Waals surface area contributed by atoms with Crippen LogP contribution in [0.3, 0.4) is 0 Å². The highest BCUT2D eigenvalue weighted by atomic mass is 32.1. The molecule has 1 aliphatic carbocycles. The molecular formula is C23H23N5O2S. The van der Waals surface area contributed by atoms with Crippen molar-refractivity contribution in [1.82, 2.24) is 19.7 Å². The highest BCUT2D eigenvalue weighted by Crippen LogP contribution is 2.34. The summed E-state index contributed by atoms with van der Waals surface area (Å²) in [6, 6.07) is 5.44. The van der Waals surface area contributed by atoms with Crippen LogP contribution in [0.25, 0.3) is 22.5 Å². The van der Waals surface area contributed by atoms with Crippen molar-refractivity contribution in [2.75, 3.05) is 11.4 Å². The Morgan fingerprint density at radius 3 is 2.94 bits per heavy atom. The average molecular weight is 434 g/mol. The lowest BCUT2D eigenvalue weighted by Crippen LogP contribution is -2.31. The number of hydrogen-bond acceptors (Lipinski definition) is 6. The van der Waals surface area contributed by atoms with Crippen molar-refractivity contribution in [3.8, 4) is 11.5 Å². The van der Waals surface area contributed by atoms with E-state index in [9.17, 15) is 4.79 Å². The molecule has 0 radical (unpaired) electrons. The van der Waals surface area contributed by atoms with Gasteiger partial charge in [0, 0.05) is 18.5 Å². The van der Waals surface area contributed by atoms with Gasteiger partial charge >= 0.3 is 0 Å². The molecule has 0 spiro atoms. The molecule has 0 atom stereocenters. The van der Waals surface area contributed by atoms with Gasteiger partial charge < -0.3 is 4.42 Å². The largest absolute Gasteiger partial charge is 0.463 e. The first-order chi connectivity index (χ1) is 15.1. The van der Waals surface area contributed by atoms with Gasteiger partial charge in [-0.25, -0.2) is 9.97 Å². The Morgan fingerprint density at radius 1 is 1.35 bits per heavy atom. The third-order valence-corrected chi connectivity index (χ3v) is 6.78. The predicted octanol–water partition coefficient (Wildman–Crippen LogP) is 4.70. The number of amides is 1. The molecule has 31 heavy (non-hydrogen) atoms. The summed E-state index contributed by atoms with van der Waals surface area (Å²) in [5.41, 5.74) is 3.67. The summed E-state index contributed by atoms with van der Waals surface area (Å²) in [7, 11) is 1.83. The van der Waals surface area contributed by atoms with Crippen molar-refractivity contribution in [3.63, 3.8) is 0 Å². The van der Waals surface area contributed by atoms with Crippen molar-refractivity contribution in [3.05, 3.63) is 58.9 Å². The predicted molar refractivity (Wildman–Crippen MR) is 122 cm³/mol. The Balaban J connectivity index is 1.66. The summed E-state index contributed by atoms with van der Waals surface area (Å²) in [5, 5.41) is 5.98. The van der Waals surface area contributed by atoms with Gasteiger partial charge in [-0.2, -0.15) is 5.10 Å². The lowest BCUT2D eigenvalue weighted by molar-refractivity contribution is 0.0991. The van der Waals surface area contributed by atoms with Gasteiger partial charge in [0.1, 0.15) is 5.69 Å². The van der Waals surface area contributed by atoms with Crippen LogP contribution in [0, 0.1) is 6.92 Å². The number of thiazole rings is 1. The van der Waals surface area contributed by atoms with Crippen LogP contribution >= 0.6 is 11.3 Å². The quantitative estimate of drug-likeness (QED) is 0.426. The minimum absolute atomic E-state index is 0.137. The molecule has 0 fully saturated rings. The smallest absolute Gasteiger partial charge is 0.261 e. The Labute approximate surface area is 184 Å². The van der Waals surface area contributed by atoms with Crippen LogP contribution in [0.5, 0.6) is 0 Å². The van der Waals surface area contributed by atoms with E-state index in [1.54, 1.807) is 45.4 Å². The zero-order valence-corrected chi connectivity index (χ0v) is 18.4. The molecule has 5 rings (SSSR count). The van der Waals surface area contributed by atoms with Crippen molar-refractivity contribution in [2.45, 2.75) is 32.6 Å². The van der Waals surface area contributed by atoms with E-state index in [2.05, 4.69) is 11.7 Å². The van der Waals surface area contributed by atoms with Crippen LogP contribution in [0.15, 0.2) is 41.5 Å². The Hall–Kier alpha value is -3.26. The number of carbonyl (C=O) groups excluding carboxylic acids is 1. The average Bonchev–Trinajstić information content (AvgIpc) is 3.50. The lowest BCUT2D eigenvalue weighted by Gasteiger charge is -2.19. The monoisotopic (exact) mass is 433 g/mol. The zero-order chi connectivity index (χ0) is 21.5. The van der Waals surface area contributed by atoms with Gasteiger partial charge in [-0.15, -0.1) is 17.9 Å². The molecule has 0 saturated carbocycles. The van der Waals surface area contributed by atoms with Gasteiger partial charge in [0.25, 0.3) is 5.91 Å². The summed E-state index contributed by atoms with van der Waals surface area (Å²) in [6.45, 7) is 6.14. The number of nitrogens with zero attached hydrogens (tertiary/aromatic N) is 5. The molecular weight excluding hydrogens is 410 g/mol. The SMILES string of the molecule is C=CCN(C(=O)c1cc(-c2ccco2)nc2c1c(C)nn2C)c1nc2c(s1)CCCC2. The number of pyridine rings is 1. The Morgan fingerprint density at radius 2 is 2.19 bits per heavy atom. The molecule has 0 N–H and O–H groups in total. The maximum Gasteiger partial charge on any atom is 0.261 e. The van der Waals surface area contributed by atoms with Crippen LogP contribution in [-0.4, -0.2) is 32.2 Å². The van der Waals surface area contributed by atoms with E-state index >= 15 is 0 Å². The minimum Gasteiger partial charge on any atom is -0.463 e. The molecule has 0 aliphatic heterocycles. The van der Waals surface area contributed by atoms with E-state index in [4.69, 9.17) is 14.4 Å². The number of fused-ring (bicyclic) bond motifs is 2. The summed E-state index contributed by atoms with van der Waals surface area (Å²) in [5.74, 6) is 0.470. The van der Waals surface area contributed by atoms with Crippen molar-refractivity contribution in [1.29, 1.82) is 0 Å². The van der Waals surface area contributed by atoms with Crippen molar-refractivity contribution >= 4 is 33.4 Å². The molecule has 4 heterocycles. The first-order valence-corrected chi connectivity index (χ1v) is 11.2. The number of rotatable bonds is 5. The second-order valence-corrected chi connectivity index (χ2v) is 8.78. The first-order valence-electron chi connectivity index (χ1n) is 10.4. The van der Waals surface area contributed by atoms with E-state index in [-0.39, 0.29) is 5.91 Å². The molecule has 158 valence electrons. The third-order valence-electron chi connectivity index (χ3n) is 5.59. The third kappa shape index (κ3) is 3.37. The van der Waals surface area contributed by atoms with Crippen LogP contribution < -0.4 is 4.90 Å².